The van der Waals surface area contributed by atoms with E-state index in [1.165, 1.54) is 6.42 Å². The second-order valence-electron chi connectivity index (χ2n) is 5.93. The molecule has 0 spiro atoms. The molecule has 0 bridgehead atoms. The number of carboxylic acids is 1. The molecule has 0 aromatic heterocycles. The third-order valence-electron chi connectivity index (χ3n) is 4.27. The Bertz CT molecular complexity index is 315. The molecule has 5 heteroatoms. The molecule has 2 N–H and O–H groups in total. The maximum absolute atomic E-state index is 11.2. The number of ether oxygens (including phenoxy) is 1. The maximum Gasteiger partial charge on any atom is 0.308 e. The van der Waals surface area contributed by atoms with Crippen LogP contribution in [0.1, 0.15) is 64.7 Å². The second kappa shape index (κ2) is 9.77. The Hall–Kier alpha value is -1.10. The van der Waals surface area contributed by atoms with Crippen LogP contribution in [0.3, 0.4) is 0 Å². The molecule has 0 saturated heterocycles. The monoisotopic (exact) mass is 300 g/mol. The van der Waals surface area contributed by atoms with Gasteiger partial charge in [-0.25, -0.2) is 0 Å². The number of hydrogen-bond acceptors (Lipinski definition) is 4. The summed E-state index contributed by atoms with van der Waals surface area (Å²) in [5, 5.41) is 17.7. The summed E-state index contributed by atoms with van der Waals surface area (Å²) in [5.41, 5.74) is 0. The van der Waals surface area contributed by atoms with E-state index in [2.05, 4.69) is 0 Å². The van der Waals surface area contributed by atoms with Crippen molar-refractivity contribution in [1.29, 1.82) is 0 Å². The van der Waals surface area contributed by atoms with E-state index in [1.54, 1.807) is 0 Å². The maximum atomic E-state index is 11.2. The second-order valence-corrected chi connectivity index (χ2v) is 5.93. The van der Waals surface area contributed by atoms with Crippen LogP contribution in [-0.2, 0) is 14.3 Å². The highest BCUT2D eigenvalue weighted by Gasteiger charge is 2.25. The fraction of sp³-hybridized carbons (Fsp3) is 0.875. The quantitative estimate of drug-likeness (QED) is 0.783. The standard InChI is InChI=1S/C9H16O3.C7H12O2/c1-2-12-9(11)7-3-5-8(10)6-4-7;8-7(9)6-4-2-1-3-5-6/h7-8,10H,2-6H2,1H3;6H,1-5H2,(H,8,9)/t7-,8-;. The number of aliphatic hydroxyl groups excluding tert-OH is 1. The van der Waals surface area contributed by atoms with Crippen molar-refractivity contribution < 1.29 is 24.5 Å². The molecule has 5 nitrogen and oxygen atoms in total. The van der Waals surface area contributed by atoms with Crippen molar-refractivity contribution in [2.24, 2.45) is 11.8 Å². The summed E-state index contributed by atoms with van der Waals surface area (Å²) in [7, 11) is 0. The number of carbonyl (C=O) groups excluding carboxylic acids is 1. The lowest BCUT2D eigenvalue weighted by Gasteiger charge is -2.23. The zero-order valence-electron chi connectivity index (χ0n) is 12.9. The molecule has 0 aromatic rings. The minimum atomic E-state index is -0.602. The first kappa shape index (κ1) is 18.0. The number of hydrogen-bond donors (Lipinski definition) is 2. The van der Waals surface area contributed by atoms with Crippen molar-refractivity contribution in [3.05, 3.63) is 0 Å². The van der Waals surface area contributed by atoms with E-state index in [0.29, 0.717) is 6.61 Å². The number of esters is 1. The Kier molecular flexibility index (Phi) is 8.35. The largest absolute Gasteiger partial charge is 0.481 e. The third-order valence-corrected chi connectivity index (χ3v) is 4.27. The molecule has 2 saturated carbocycles. The Morgan fingerprint density at radius 1 is 0.952 bits per heavy atom. The third kappa shape index (κ3) is 6.93. The zero-order chi connectivity index (χ0) is 15.7. The summed E-state index contributed by atoms with van der Waals surface area (Å²) in [6.07, 6.45) is 8.07. The van der Waals surface area contributed by atoms with E-state index in [0.717, 1.165) is 51.4 Å². The fourth-order valence-corrected chi connectivity index (χ4v) is 2.92. The van der Waals surface area contributed by atoms with Crippen LogP contribution in [-0.4, -0.2) is 34.9 Å². The van der Waals surface area contributed by atoms with Gasteiger partial charge in [0.25, 0.3) is 0 Å². The highest BCUT2D eigenvalue weighted by molar-refractivity contribution is 5.72. The van der Waals surface area contributed by atoms with Gasteiger partial charge in [0.15, 0.2) is 0 Å². The molecular weight excluding hydrogens is 272 g/mol. The van der Waals surface area contributed by atoms with Crippen LogP contribution in [0, 0.1) is 11.8 Å². The van der Waals surface area contributed by atoms with E-state index in [-0.39, 0.29) is 23.9 Å². The SMILES string of the molecule is CCOC(=O)[C@H]1CC[C@H](O)CC1.O=C(O)C1CCCCC1. The normalized spacial score (nSPS) is 26.4. The molecule has 2 aliphatic carbocycles. The average molecular weight is 300 g/mol. The Balaban J connectivity index is 0.000000219. The summed E-state index contributed by atoms with van der Waals surface area (Å²) in [5.74, 6) is -0.689. The Labute approximate surface area is 126 Å². The van der Waals surface area contributed by atoms with Crippen LogP contribution in [0.2, 0.25) is 0 Å². The first-order valence-corrected chi connectivity index (χ1v) is 8.12. The summed E-state index contributed by atoms with van der Waals surface area (Å²) in [6, 6.07) is 0. The number of aliphatic hydroxyl groups is 1. The lowest BCUT2D eigenvalue weighted by molar-refractivity contribution is -0.149. The number of carboxylic acid groups (broad SMARTS) is 1. The zero-order valence-corrected chi connectivity index (χ0v) is 12.9. The van der Waals surface area contributed by atoms with Crippen molar-refractivity contribution in [1.82, 2.24) is 0 Å². The van der Waals surface area contributed by atoms with E-state index >= 15 is 0 Å². The predicted octanol–water partition coefficient (Wildman–Crippen LogP) is 2.75. The first-order valence-electron chi connectivity index (χ1n) is 8.12. The van der Waals surface area contributed by atoms with Crippen LogP contribution in [0.5, 0.6) is 0 Å². The van der Waals surface area contributed by atoms with E-state index in [1.807, 2.05) is 6.92 Å². The Morgan fingerprint density at radius 2 is 1.52 bits per heavy atom. The molecule has 0 aromatic carbocycles. The van der Waals surface area contributed by atoms with Crippen LogP contribution >= 0.6 is 0 Å². The van der Waals surface area contributed by atoms with Gasteiger partial charge in [-0.1, -0.05) is 19.3 Å². The van der Waals surface area contributed by atoms with Crippen LogP contribution in [0.4, 0.5) is 0 Å². The minimum absolute atomic E-state index is 0.0289. The van der Waals surface area contributed by atoms with Crippen LogP contribution in [0.15, 0.2) is 0 Å². The lowest BCUT2D eigenvalue weighted by atomic mass is 9.88. The van der Waals surface area contributed by atoms with E-state index in [9.17, 15) is 14.7 Å². The van der Waals surface area contributed by atoms with Crippen molar-refractivity contribution in [2.75, 3.05) is 6.61 Å². The molecule has 122 valence electrons. The average Bonchev–Trinajstić information content (AvgIpc) is 2.50. The molecule has 21 heavy (non-hydrogen) atoms. The number of carbonyl (C=O) groups is 2. The van der Waals surface area contributed by atoms with Gasteiger partial charge in [0, 0.05) is 0 Å². The first-order chi connectivity index (χ1) is 10.0. The van der Waals surface area contributed by atoms with Gasteiger partial charge in [-0.3, -0.25) is 9.59 Å². The lowest BCUT2D eigenvalue weighted by Crippen LogP contribution is -2.25. The van der Waals surface area contributed by atoms with Gasteiger partial charge in [-0.15, -0.1) is 0 Å². The highest BCUT2D eigenvalue weighted by Crippen LogP contribution is 2.25. The van der Waals surface area contributed by atoms with Gasteiger partial charge in [-0.2, -0.15) is 0 Å². The molecule has 0 heterocycles. The predicted molar refractivity (Wildman–Crippen MR) is 78.8 cm³/mol. The summed E-state index contributed by atoms with van der Waals surface area (Å²) in [6.45, 7) is 2.27. The van der Waals surface area contributed by atoms with Crippen LogP contribution in [0.25, 0.3) is 0 Å². The summed E-state index contributed by atoms with van der Waals surface area (Å²) < 4.78 is 4.90. The van der Waals surface area contributed by atoms with Gasteiger partial charge >= 0.3 is 11.9 Å². The molecule has 0 aliphatic heterocycles. The van der Waals surface area contributed by atoms with Gasteiger partial charge in [-0.05, 0) is 45.4 Å². The molecule has 0 radical (unpaired) electrons. The highest BCUT2D eigenvalue weighted by atomic mass is 16.5. The molecule has 2 aliphatic rings. The van der Waals surface area contributed by atoms with Gasteiger partial charge < -0.3 is 14.9 Å². The summed E-state index contributed by atoms with van der Waals surface area (Å²) >= 11 is 0. The topological polar surface area (TPSA) is 83.8 Å². The van der Waals surface area contributed by atoms with E-state index in [4.69, 9.17) is 9.84 Å². The molecule has 2 fully saturated rings. The number of aliphatic carboxylic acids is 1. The fourth-order valence-electron chi connectivity index (χ4n) is 2.92. The van der Waals surface area contributed by atoms with Crippen molar-refractivity contribution in [2.45, 2.75) is 70.8 Å². The molecular formula is C16H28O5. The minimum Gasteiger partial charge on any atom is -0.481 e. The van der Waals surface area contributed by atoms with Gasteiger partial charge in [0.05, 0.1) is 24.5 Å². The smallest absolute Gasteiger partial charge is 0.308 e. The Morgan fingerprint density at radius 3 is 1.95 bits per heavy atom. The van der Waals surface area contributed by atoms with E-state index < -0.39 is 5.97 Å². The summed E-state index contributed by atoms with van der Waals surface area (Å²) in [4.78, 5) is 21.6. The van der Waals surface area contributed by atoms with Gasteiger partial charge in [0.1, 0.15) is 0 Å². The number of rotatable bonds is 3. The molecule has 0 atom stereocenters. The van der Waals surface area contributed by atoms with Crippen molar-refractivity contribution in [3.8, 4) is 0 Å². The molecule has 0 unspecified atom stereocenters. The van der Waals surface area contributed by atoms with Crippen LogP contribution < -0.4 is 0 Å². The van der Waals surface area contributed by atoms with Crippen molar-refractivity contribution in [3.63, 3.8) is 0 Å². The van der Waals surface area contributed by atoms with Crippen molar-refractivity contribution >= 4 is 11.9 Å². The molecule has 2 rings (SSSR count). The molecule has 0 amide bonds. The van der Waals surface area contributed by atoms with Gasteiger partial charge in [0.2, 0.25) is 0 Å².